The summed E-state index contributed by atoms with van der Waals surface area (Å²) >= 11 is 1.36. The molecular formula is C16H17F4NO4S2. The minimum atomic E-state index is -4.27. The first-order valence-electron chi connectivity index (χ1n) is 7.64. The van der Waals surface area contributed by atoms with Crippen LogP contribution in [0.25, 0.3) is 0 Å². The van der Waals surface area contributed by atoms with Crippen LogP contribution in [0.15, 0.2) is 46.0 Å². The predicted molar refractivity (Wildman–Crippen MR) is 91.5 cm³/mol. The Labute approximate surface area is 157 Å². The van der Waals surface area contributed by atoms with Gasteiger partial charge in [0.15, 0.2) is 0 Å². The molecule has 0 aliphatic heterocycles. The largest absolute Gasteiger partial charge is 0.387 e. The van der Waals surface area contributed by atoms with Crippen molar-refractivity contribution < 1.29 is 35.8 Å². The molecule has 150 valence electrons. The van der Waals surface area contributed by atoms with E-state index in [1.54, 1.807) is 16.8 Å². The zero-order chi connectivity index (χ0) is 20.1. The van der Waals surface area contributed by atoms with Crippen LogP contribution in [0.1, 0.15) is 17.2 Å². The molecule has 2 N–H and O–H groups in total. The van der Waals surface area contributed by atoms with E-state index in [1.165, 1.54) is 35.6 Å². The second-order valence-electron chi connectivity index (χ2n) is 5.63. The average Bonchev–Trinajstić information content (AvgIpc) is 3.14. The summed E-state index contributed by atoms with van der Waals surface area (Å²) in [7, 11) is -3.97. The number of sulfonamides is 1. The zero-order valence-electron chi connectivity index (χ0n) is 13.8. The summed E-state index contributed by atoms with van der Waals surface area (Å²) in [5.41, 5.74) is 0.797. The molecule has 27 heavy (non-hydrogen) atoms. The molecule has 0 spiro atoms. The van der Waals surface area contributed by atoms with E-state index >= 15 is 0 Å². The Morgan fingerprint density at radius 3 is 2.63 bits per heavy atom. The Bertz CT molecular complexity index is 829. The number of nitrogens with one attached hydrogen (secondary N) is 1. The highest BCUT2D eigenvalue weighted by Crippen LogP contribution is 2.23. The fourth-order valence-electron chi connectivity index (χ4n) is 2.02. The molecule has 0 fully saturated rings. The quantitative estimate of drug-likeness (QED) is 0.571. The van der Waals surface area contributed by atoms with Crippen molar-refractivity contribution in [1.29, 1.82) is 0 Å². The highest BCUT2D eigenvalue weighted by molar-refractivity contribution is 7.89. The number of aliphatic hydroxyl groups excluding tert-OH is 1. The molecule has 0 unspecified atom stereocenters. The van der Waals surface area contributed by atoms with Gasteiger partial charge in [-0.15, -0.1) is 0 Å². The van der Waals surface area contributed by atoms with Gasteiger partial charge in [0.25, 0.3) is 0 Å². The van der Waals surface area contributed by atoms with Crippen LogP contribution in [0.4, 0.5) is 17.6 Å². The van der Waals surface area contributed by atoms with Crippen molar-refractivity contribution in [3.05, 3.63) is 52.2 Å². The standard InChI is InChI=1S/C16H17F4NO4S2/c17-15(18)16(19,20)10-25-8-11-2-1-3-13(6-11)27(23,24)21-7-14(22)12-4-5-26-9-12/h1-6,9,14-15,21-22H,7-8,10H2/t14-/m0/s1. The maximum Gasteiger partial charge on any atom is 0.330 e. The van der Waals surface area contributed by atoms with Crippen molar-refractivity contribution in [3.63, 3.8) is 0 Å². The van der Waals surface area contributed by atoms with Crippen LogP contribution in [0, 0.1) is 0 Å². The molecule has 0 radical (unpaired) electrons. The van der Waals surface area contributed by atoms with Gasteiger partial charge in [-0.05, 0) is 40.1 Å². The highest BCUT2D eigenvalue weighted by atomic mass is 32.2. The van der Waals surface area contributed by atoms with Gasteiger partial charge in [-0.25, -0.2) is 21.9 Å². The molecule has 0 amide bonds. The van der Waals surface area contributed by atoms with E-state index < -0.39 is 41.7 Å². The lowest BCUT2D eigenvalue weighted by atomic mass is 10.2. The van der Waals surface area contributed by atoms with E-state index in [2.05, 4.69) is 9.46 Å². The fourth-order valence-corrected chi connectivity index (χ4v) is 3.84. The van der Waals surface area contributed by atoms with Crippen molar-refractivity contribution in [3.8, 4) is 0 Å². The van der Waals surface area contributed by atoms with Crippen LogP contribution in [0.5, 0.6) is 0 Å². The second kappa shape index (κ2) is 9.11. The fraction of sp³-hybridized carbons (Fsp3) is 0.375. The first-order chi connectivity index (χ1) is 12.6. The third-order valence-corrected chi connectivity index (χ3v) is 5.61. The van der Waals surface area contributed by atoms with Gasteiger partial charge in [0, 0.05) is 6.54 Å². The van der Waals surface area contributed by atoms with Gasteiger partial charge in [0.1, 0.15) is 6.61 Å². The number of hydrogen-bond donors (Lipinski definition) is 2. The van der Waals surface area contributed by atoms with Crippen LogP contribution in [0.2, 0.25) is 0 Å². The smallest absolute Gasteiger partial charge is 0.330 e. The third-order valence-electron chi connectivity index (χ3n) is 3.49. The SMILES string of the molecule is O=S(=O)(NC[C@H](O)c1ccsc1)c1cccc(COCC(F)(F)C(F)F)c1. The summed E-state index contributed by atoms with van der Waals surface area (Å²) in [5.74, 6) is -4.27. The van der Waals surface area contributed by atoms with Crippen molar-refractivity contribution in [2.75, 3.05) is 13.2 Å². The number of thiophene rings is 1. The molecule has 2 aromatic rings. The Kier molecular flexibility index (Phi) is 7.34. The van der Waals surface area contributed by atoms with E-state index in [-0.39, 0.29) is 17.0 Å². The Hall–Kier alpha value is -1.53. The third kappa shape index (κ3) is 6.25. The van der Waals surface area contributed by atoms with Gasteiger partial charge in [-0.1, -0.05) is 12.1 Å². The minimum absolute atomic E-state index is 0.165. The first-order valence-corrected chi connectivity index (χ1v) is 10.1. The molecule has 11 heteroatoms. The van der Waals surface area contributed by atoms with Gasteiger partial charge in [0.2, 0.25) is 10.0 Å². The van der Waals surface area contributed by atoms with Gasteiger partial charge in [-0.2, -0.15) is 20.1 Å². The van der Waals surface area contributed by atoms with E-state index in [1.807, 2.05) is 0 Å². The number of benzene rings is 1. The topological polar surface area (TPSA) is 75.6 Å². The van der Waals surface area contributed by atoms with Crippen LogP contribution in [0.3, 0.4) is 0 Å². The second-order valence-corrected chi connectivity index (χ2v) is 8.17. The molecule has 1 atom stereocenters. The van der Waals surface area contributed by atoms with Gasteiger partial charge < -0.3 is 9.84 Å². The summed E-state index contributed by atoms with van der Waals surface area (Å²) in [6.07, 6.45) is -4.86. The molecule has 0 saturated carbocycles. The summed E-state index contributed by atoms with van der Waals surface area (Å²) in [4.78, 5) is -0.165. The van der Waals surface area contributed by atoms with Gasteiger partial charge in [0.05, 0.1) is 17.6 Å². The number of halogens is 4. The van der Waals surface area contributed by atoms with Crippen LogP contribution >= 0.6 is 11.3 Å². The number of ether oxygens (including phenoxy) is 1. The van der Waals surface area contributed by atoms with Crippen molar-refractivity contribution in [2.24, 2.45) is 0 Å². The highest BCUT2D eigenvalue weighted by Gasteiger charge is 2.40. The van der Waals surface area contributed by atoms with E-state index in [9.17, 15) is 31.1 Å². The Morgan fingerprint density at radius 1 is 1.26 bits per heavy atom. The van der Waals surface area contributed by atoms with Crippen LogP contribution < -0.4 is 4.72 Å². The van der Waals surface area contributed by atoms with Crippen molar-refractivity contribution in [1.82, 2.24) is 4.72 Å². The molecular weight excluding hydrogens is 410 g/mol. The summed E-state index contributed by atoms with van der Waals surface area (Å²) < 4.78 is 81.2. The van der Waals surface area contributed by atoms with E-state index in [0.29, 0.717) is 5.56 Å². The zero-order valence-corrected chi connectivity index (χ0v) is 15.5. The van der Waals surface area contributed by atoms with E-state index in [0.717, 1.165) is 0 Å². The van der Waals surface area contributed by atoms with Gasteiger partial charge in [-0.3, -0.25) is 0 Å². The lowest BCUT2D eigenvalue weighted by Gasteiger charge is -2.15. The number of aliphatic hydroxyl groups is 1. The lowest BCUT2D eigenvalue weighted by molar-refractivity contribution is -0.168. The molecule has 1 aromatic carbocycles. The molecule has 5 nitrogen and oxygen atoms in total. The molecule has 1 heterocycles. The van der Waals surface area contributed by atoms with Crippen LogP contribution in [-0.2, 0) is 21.4 Å². The molecule has 1 aromatic heterocycles. The van der Waals surface area contributed by atoms with Crippen molar-refractivity contribution >= 4 is 21.4 Å². The number of hydrogen-bond acceptors (Lipinski definition) is 5. The van der Waals surface area contributed by atoms with Crippen LogP contribution in [-0.4, -0.2) is 39.0 Å². The summed E-state index contributed by atoms with van der Waals surface area (Å²) in [5, 5.41) is 13.4. The Morgan fingerprint density at radius 2 is 2.00 bits per heavy atom. The average molecular weight is 427 g/mol. The Balaban J connectivity index is 1.96. The molecule has 2 rings (SSSR count). The maximum atomic E-state index is 12.8. The summed E-state index contributed by atoms with van der Waals surface area (Å²) in [6.45, 7) is -2.18. The van der Waals surface area contributed by atoms with Crippen molar-refractivity contribution in [2.45, 2.75) is 30.0 Å². The maximum absolute atomic E-state index is 12.8. The van der Waals surface area contributed by atoms with Gasteiger partial charge >= 0.3 is 12.3 Å². The number of rotatable bonds is 10. The summed E-state index contributed by atoms with van der Waals surface area (Å²) in [6, 6.07) is 6.90. The normalized spacial score (nSPS) is 13.9. The minimum Gasteiger partial charge on any atom is -0.387 e. The molecule has 0 aliphatic rings. The van der Waals surface area contributed by atoms with E-state index in [4.69, 9.17) is 0 Å². The molecule has 0 bridgehead atoms. The monoisotopic (exact) mass is 427 g/mol. The lowest BCUT2D eigenvalue weighted by Crippen LogP contribution is -2.32. The first kappa shape index (κ1) is 21.8. The number of alkyl halides is 4. The molecule has 0 saturated heterocycles. The predicted octanol–water partition coefficient (Wildman–Crippen LogP) is 3.18. The molecule has 0 aliphatic carbocycles.